The quantitative estimate of drug-likeness (QED) is 0.732. The second kappa shape index (κ2) is 7.86. The van der Waals surface area contributed by atoms with Gasteiger partial charge in [0.05, 0.1) is 6.42 Å². The molecule has 0 fully saturated rings. The van der Waals surface area contributed by atoms with Gasteiger partial charge in [0.1, 0.15) is 6.04 Å². The van der Waals surface area contributed by atoms with E-state index in [9.17, 15) is 14.4 Å². The van der Waals surface area contributed by atoms with Gasteiger partial charge in [-0.3, -0.25) is 19.4 Å². The molecule has 0 saturated carbocycles. The van der Waals surface area contributed by atoms with Crippen LogP contribution in [-0.2, 0) is 22.7 Å². The maximum atomic E-state index is 12.4. The molecule has 3 rings (SSSR count). The van der Waals surface area contributed by atoms with Crippen LogP contribution in [0.25, 0.3) is 0 Å². The predicted octanol–water partition coefficient (Wildman–Crippen LogP) is 1.24. The summed E-state index contributed by atoms with van der Waals surface area (Å²) in [6.45, 7) is 0.655. The fraction of sp³-hybridized carbons (Fsp3) is 0.263. The zero-order valence-corrected chi connectivity index (χ0v) is 14.8. The van der Waals surface area contributed by atoms with E-state index >= 15 is 0 Å². The van der Waals surface area contributed by atoms with Gasteiger partial charge in [-0.1, -0.05) is 6.07 Å². The summed E-state index contributed by atoms with van der Waals surface area (Å²) < 4.78 is 0. The first-order chi connectivity index (χ1) is 12.9. The van der Waals surface area contributed by atoms with E-state index in [0.29, 0.717) is 24.3 Å². The summed E-state index contributed by atoms with van der Waals surface area (Å²) in [7, 11) is 1.61. The number of carboxylic acids is 1. The van der Waals surface area contributed by atoms with Crippen molar-refractivity contribution in [2.75, 3.05) is 12.4 Å². The number of amides is 2. The Labute approximate surface area is 156 Å². The molecule has 8 heteroatoms. The lowest BCUT2D eigenvalue weighted by molar-refractivity contribution is -0.141. The minimum atomic E-state index is -1.05. The van der Waals surface area contributed by atoms with Crippen LogP contribution in [0.3, 0.4) is 0 Å². The van der Waals surface area contributed by atoms with Crippen LogP contribution in [0.15, 0.2) is 42.7 Å². The lowest BCUT2D eigenvalue weighted by atomic mass is 10.1. The molecule has 3 N–H and O–H groups in total. The Hall–Kier alpha value is -3.42. The number of hydrogen-bond acceptors (Lipinski definition) is 5. The van der Waals surface area contributed by atoms with E-state index in [2.05, 4.69) is 15.6 Å². The van der Waals surface area contributed by atoms with E-state index in [0.717, 1.165) is 11.1 Å². The van der Waals surface area contributed by atoms with E-state index in [1.165, 1.54) is 4.90 Å². The Morgan fingerprint density at radius 2 is 2.19 bits per heavy atom. The summed E-state index contributed by atoms with van der Waals surface area (Å²) in [4.78, 5) is 41.3. The minimum Gasteiger partial charge on any atom is -0.481 e. The summed E-state index contributed by atoms with van der Waals surface area (Å²) in [6.07, 6.45) is 3.04. The van der Waals surface area contributed by atoms with E-state index < -0.39 is 12.0 Å². The molecule has 0 spiro atoms. The molecule has 1 aromatic heterocycles. The highest BCUT2D eigenvalue weighted by Crippen LogP contribution is 2.24. The van der Waals surface area contributed by atoms with E-state index in [4.69, 9.17) is 5.11 Å². The zero-order valence-electron chi connectivity index (χ0n) is 14.8. The molecule has 2 heterocycles. The maximum absolute atomic E-state index is 12.4. The van der Waals surface area contributed by atoms with Gasteiger partial charge in [-0.2, -0.15) is 0 Å². The lowest BCUT2D eigenvalue weighted by Gasteiger charge is -2.19. The van der Waals surface area contributed by atoms with Crippen molar-refractivity contribution in [3.05, 3.63) is 59.4 Å². The van der Waals surface area contributed by atoms with Crippen LogP contribution in [-0.4, -0.2) is 45.9 Å². The number of fused-ring (bicyclic) bond motifs is 1. The number of anilines is 1. The van der Waals surface area contributed by atoms with E-state index in [-0.39, 0.29) is 18.2 Å². The normalized spacial score (nSPS) is 16.1. The first kappa shape index (κ1) is 18.4. The first-order valence-corrected chi connectivity index (χ1v) is 8.47. The van der Waals surface area contributed by atoms with Crippen molar-refractivity contribution in [3.8, 4) is 0 Å². The SMILES string of the molecule is CN1Cc2cc(C(=O)NCc3cccnc3)ccc2NC(CC(=O)O)C1=O. The number of hydrogen-bond donors (Lipinski definition) is 3. The highest BCUT2D eigenvalue weighted by Gasteiger charge is 2.29. The van der Waals surface area contributed by atoms with Crippen molar-refractivity contribution < 1.29 is 19.5 Å². The average molecular weight is 368 g/mol. The largest absolute Gasteiger partial charge is 0.481 e. The van der Waals surface area contributed by atoms with Gasteiger partial charge < -0.3 is 20.6 Å². The van der Waals surface area contributed by atoms with Crippen LogP contribution in [0.1, 0.15) is 27.9 Å². The summed E-state index contributed by atoms with van der Waals surface area (Å²) in [6, 6.07) is 7.91. The van der Waals surface area contributed by atoms with Crippen molar-refractivity contribution in [2.24, 2.45) is 0 Å². The van der Waals surface area contributed by atoms with Gasteiger partial charge in [-0.05, 0) is 35.4 Å². The Balaban J connectivity index is 1.76. The van der Waals surface area contributed by atoms with E-state index in [1.54, 1.807) is 43.7 Å². The highest BCUT2D eigenvalue weighted by molar-refractivity contribution is 5.95. The number of nitrogens with zero attached hydrogens (tertiary/aromatic N) is 2. The fourth-order valence-corrected chi connectivity index (χ4v) is 2.96. The van der Waals surface area contributed by atoms with Crippen molar-refractivity contribution in [2.45, 2.75) is 25.6 Å². The monoisotopic (exact) mass is 368 g/mol. The van der Waals surface area contributed by atoms with Gasteiger partial charge in [0.2, 0.25) is 5.91 Å². The summed E-state index contributed by atoms with van der Waals surface area (Å²) in [5, 5.41) is 14.8. The van der Waals surface area contributed by atoms with Gasteiger partial charge in [-0.15, -0.1) is 0 Å². The molecule has 0 radical (unpaired) electrons. The molecule has 27 heavy (non-hydrogen) atoms. The predicted molar refractivity (Wildman–Crippen MR) is 98.0 cm³/mol. The number of aliphatic carboxylic acids is 1. The molecular weight excluding hydrogens is 348 g/mol. The van der Waals surface area contributed by atoms with Gasteiger partial charge in [0, 0.05) is 43.8 Å². The Morgan fingerprint density at radius 1 is 1.37 bits per heavy atom. The molecule has 2 amide bonds. The molecule has 140 valence electrons. The van der Waals surface area contributed by atoms with Gasteiger partial charge >= 0.3 is 5.97 Å². The van der Waals surface area contributed by atoms with Crippen molar-refractivity contribution in [1.29, 1.82) is 0 Å². The molecule has 1 aliphatic heterocycles. The third-order valence-corrected chi connectivity index (χ3v) is 4.33. The van der Waals surface area contributed by atoms with Crippen LogP contribution < -0.4 is 10.6 Å². The molecule has 2 aromatic rings. The second-order valence-electron chi connectivity index (χ2n) is 6.40. The number of nitrogens with one attached hydrogen (secondary N) is 2. The van der Waals surface area contributed by atoms with Crippen LogP contribution in [0, 0.1) is 0 Å². The lowest BCUT2D eigenvalue weighted by Crippen LogP contribution is -2.39. The smallest absolute Gasteiger partial charge is 0.305 e. The molecule has 0 saturated heterocycles. The number of aromatic nitrogens is 1. The Bertz CT molecular complexity index is 869. The average Bonchev–Trinajstić information content (AvgIpc) is 2.77. The topological polar surface area (TPSA) is 112 Å². The molecule has 1 unspecified atom stereocenters. The number of carbonyl (C=O) groups excluding carboxylic acids is 2. The zero-order chi connectivity index (χ0) is 19.4. The van der Waals surface area contributed by atoms with Crippen LogP contribution in [0.5, 0.6) is 0 Å². The Kier molecular flexibility index (Phi) is 5.35. The minimum absolute atomic E-state index is 0.234. The third kappa shape index (κ3) is 4.41. The number of likely N-dealkylation sites (N-methyl/N-ethyl adjacent to an activating group) is 1. The summed E-state index contributed by atoms with van der Waals surface area (Å²) in [5.74, 6) is -1.58. The number of benzene rings is 1. The molecule has 1 aliphatic rings. The fourth-order valence-electron chi connectivity index (χ4n) is 2.96. The van der Waals surface area contributed by atoms with Crippen LogP contribution in [0.4, 0.5) is 5.69 Å². The number of pyridine rings is 1. The molecule has 0 bridgehead atoms. The van der Waals surface area contributed by atoms with Crippen molar-refractivity contribution in [3.63, 3.8) is 0 Å². The van der Waals surface area contributed by atoms with Crippen molar-refractivity contribution >= 4 is 23.5 Å². The summed E-state index contributed by atoms with van der Waals surface area (Å²) >= 11 is 0. The molecule has 8 nitrogen and oxygen atoms in total. The van der Waals surface area contributed by atoms with Gasteiger partial charge in [-0.25, -0.2) is 0 Å². The third-order valence-electron chi connectivity index (χ3n) is 4.33. The number of carbonyl (C=O) groups is 3. The molecular formula is C19H20N4O4. The summed E-state index contributed by atoms with van der Waals surface area (Å²) in [5.41, 5.74) is 2.77. The second-order valence-corrected chi connectivity index (χ2v) is 6.40. The van der Waals surface area contributed by atoms with Gasteiger partial charge in [0.25, 0.3) is 5.91 Å². The van der Waals surface area contributed by atoms with E-state index in [1.807, 2.05) is 6.07 Å². The highest BCUT2D eigenvalue weighted by atomic mass is 16.4. The maximum Gasteiger partial charge on any atom is 0.305 e. The molecule has 1 aromatic carbocycles. The number of rotatable bonds is 5. The van der Waals surface area contributed by atoms with Crippen molar-refractivity contribution in [1.82, 2.24) is 15.2 Å². The Morgan fingerprint density at radius 3 is 2.89 bits per heavy atom. The van der Waals surface area contributed by atoms with Gasteiger partial charge in [0.15, 0.2) is 0 Å². The molecule has 0 aliphatic carbocycles. The van der Waals surface area contributed by atoms with Crippen LogP contribution in [0.2, 0.25) is 0 Å². The molecule has 1 atom stereocenters. The first-order valence-electron chi connectivity index (χ1n) is 8.47. The standard InChI is InChI=1S/C19H20N4O4/c1-23-11-14-7-13(18(26)21-10-12-3-2-6-20-9-12)4-5-15(14)22-16(19(23)27)8-17(24)25/h2-7,9,16,22H,8,10-11H2,1H3,(H,21,26)(H,24,25). The number of carboxylic acid groups (broad SMARTS) is 1. The van der Waals surface area contributed by atoms with Crippen LogP contribution >= 0.6 is 0 Å².